The molecule has 0 saturated carbocycles. The number of benzene rings is 1. The number of rotatable bonds is 5. The van der Waals surface area contributed by atoms with Crippen molar-refractivity contribution in [3.05, 3.63) is 29.3 Å². The minimum Gasteiger partial charge on any atom is -0.496 e. The molecule has 0 radical (unpaired) electrons. The van der Waals surface area contributed by atoms with Gasteiger partial charge < -0.3 is 4.74 Å². The summed E-state index contributed by atoms with van der Waals surface area (Å²) in [7, 11) is 1.73. The maximum atomic E-state index is 5.88. The van der Waals surface area contributed by atoms with Crippen molar-refractivity contribution in [3.8, 4) is 5.75 Å². The molecule has 1 rings (SSSR count). The largest absolute Gasteiger partial charge is 0.496 e. The van der Waals surface area contributed by atoms with Gasteiger partial charge in [0, 0.05) is 5.88 Å². The zero-order chi connectivity index (χ0) is 12.1. The van der Waals surface area contributed by atoms with Crippen molar-refractivity contribution in [3.63, 3.8) is 0 Å². The van der Waals surface area contributed by atoms with E-state index < -0.39 is 0 Å². The van der Waals surface area contributed by atoms with Gasteiger partial charge in [-0.1, -0.05) is 31.5 Å². The lowest BCUT2D eigenvalue weighted by Gasteiger charge is -2.23. The van der Waals surface area contributed by atoms with Crippen molar-refractivity contribution in [1.82, 2.24) is 0 Å². The van der Waals surface area contributed by atoms with Gasteiger partial charge in [-0.15, -0.1) is 11.6 Å². The van der Waals surface area contributed by atoms with Crippen LogP contribution in [0.2, 0.25) is 0 Å². The molecule has 0 heterocycles. The molecule has 1 unspecified atom stereocenters. The zero-order valence-electron chi connectivity index (χ0n) is 10.6. The fourth-order valence-corrected chi connectivity index (χ4v) is 2.34. The summed E-state index contributed by atoms with van der Waals surface area (Å²) >= 11 is 5.88. The monoisotopic (exact) mass is 240 g/mol. The standard InChI is InChI=1S/C14H21ClO/c1-10(2)12(7-8-15)13-9-11(3)5-6-14(13)16-4/h5-6,9-10,12H,7-8H2,1-4H3. The minimum absolute atomic E-state index is 0.479. The Kier molecular flexibility index (Phi) is 5.14. The molecule has 16 heavy (non-hydrogen) atoms. The molecule has 0 aromatic heterocycles. The molecule has 1 aromatic rings. The van der Waals surface area contributed by atoms with Crippen LogP contribution in [0.4, 0.5) is 0 Å². The first-order valence-corrected chi connectivity index (χ1v) is 6.34. The number of hydrogen-bond donors (Lipinski definition) is 0. The van der Waals surface area contributed by atoms with Gasteiger partial charge in [0.25, 0.3) is 0 Å². The van der Waals surface area contributed by atoms with E-state index in [1.807, 2.05) is 6.07 Å². The van der Waals surface area contributed by atoms with Gasteiger partial charge in [-0.3, -0.25) is 0 Å². The molecule has 1 nitrogen and oxygen atoms in total. The van der Waals surface area contributed by atoms with E-state index in [1.165, 1.54) is 11.1 Å². The maximum absolute atomic E-state index is 5.88. The van der Waals surface area contributed by atoms with Gasteiger partial charge in [-0.05, 0) is 36.8 Å². The summed E-state index contributed by atoms with van der Waals surface area (Å²) in [6.45, 7) is 6.58. The molecule has 0 aliphatic heterocycles. The van der Waals surface area contributed by atoms with Crippen LogP contribution in [-0.2, 0) is 0 Å². The smallest absolute Gasteiger partial charge is 0.122 e. The Balaban J connectivity index is 3.10. The lowest BCUT2D eigenvalue weighted by atomic mass is 9.85. The quantitative estimate of drug-likeness (QED) is 0.695. The fraction of sp³-hybridized carbons (Fsp3) is 0.571. The summed E-state index contributed by atoms with van der Waals surface area (Å²) < 4.78 is 5.43. The Morgan fingerprint density at radius 1 is 1.31 bits per heavy atom. The van der Waals surface area contributed by atoms with Gasteiger partial charge in [0.15, 0.2) is 0 Å². The van der Waals surface area contributed by atoms with Crippen LogP contribution in [0.1, 0.15) is 37.3 Å². The van der Waals surface area contributed by atoms with Gasteiger partial charge >= 0.3 is 0 Å². The van der Waals surface area contributed by atoms with E-state index in [4.69, 9.17) is 16.3 Å². The maximum Gasteiger partial charge on any atom is 0.122 e. The first-order chi connectivity index (χ1) is 7.60. The lowest BCUT2D eigenvalue weighted by molar-refractivity contribution is 0.392. The van der Waals surface area contributed by atoms with Crippen LogP contribution < -0.4 is 4.74 Å². The zero-order valence-corrected chi connectivity index (χ0v) is 11.3. The van der Waals surface area contributed by atoms with Crippen LogP contribution in [0.3, 0.4) is 0 Å². The van der Waals surface area contributed by atoms with Crippen LogP contribution in [0.25, 0.3) is 0 Å². The molecule has 0 aliphatic rings. The van der Waals surface area contributed by atoms with Crippen molar-refractivity contribution in [1.29, 1.82) is 0 Å². The molecule has 0 saturated heterocycles. The van der Waals surface area contributed by atoms with Gasteiger partial charge in [-0.25, -0.2) is 0 Å². The Morgan fingerprint density at radius 3 is 2.50 bits per heavy atom. The average Bonchev–Trinajstić information content (AvgIpc) is 2.25. The number of aryl methyl sites for hydroxylation is 1. The normalized spacial score (nSPS) is 12.9. The van der Waals surface area contributed by atoms with Crippen molar-refractivity contribution in [2.24, 2.45) is 5.92 Å². The fourth-order valence-electron chi connectivity index (χ4n) is 2.11. The second-order valence-corrected chi connectivity index (χ2v) is 4.95. The molecule has 2 heteroatoms. The molecular formula is C14H21ClO. The van der Waals surface area contributed by atoms with E-state index in [0.29, 0.717) is 17.7 Å². The molecule has 1 atom stereocenters. The number of ether oxygens (including phenoxy) is 1. The van der Waals surface area contributed by atoms with E-state index in [2.05, 4.69) is 32.9 Å². The Bertz CT molecular complexity index is 334. The molecular weight excluding hydrogens is 220 g/mol. The van der Waals surface area contributed by atoms with E-state index in [0.717, 1.165) is 12.2 Å². The van der Waals surface area contributed by atoms with E-state index >= 15 is 0 Å². The molecule has 1 aromatic carbocycles. The van der Waals surface area contributed by atoms with Gasteiger partial charge in [0.1, 0.15) is 5.75 Å². The van der Waals surface area contributed by atoms with Crippen LogP contribution in [0, 0.1) is 12.8 Å². The van der Waals surface area contributed by atoms with Crippen LogP contribution in [-0.4, -0.2) is 13.0 Å². The second kappa shape index (κ2) is 6.15. The first kappa shape index (κ1) is 13.4. The SMILES string of the molecule is COc1ccc(C)cc1C(CCCl)C(C)C. The van der Waals surface area contributed by atoms with Crippen molar-refractivity contribution in [2.75, 3.05) is 13.0 Å². The summed E-state index contributed by atoms with van der Waals surface area (Å²) in [4.78, 5) is 0. The summed E-state index contributed by atoms with van der Waals surface area (Å²) in [5.74, 6) is 2.73. The van der Waals surface area contributed by atoms with E-state index in [1.54, 1.807) is 7.11 Å². The third-order valence-corrected chi connectivity index (χ3v) is 3.23. The number of methoxy groups -OCH3 is 1. The first-order valence-electron chi connectivity index (χ1n) is 5.80. The predicted molar refractivity (Wildman–Crippen MR) is 70.6 cm³/mol. The third-order valence-electron chi connectivity index (χ3n) is 3.01. The topological polar surface area (TPSA) is 9.23 Å². The van der Waals surface area contributed by atoms with Crippen molar-refractivity contribution >= 4 is 11.6 Å². The van der Waals surface area contributed by atoms with Crippen LogP contribution in [0.5, 0.6) is 5.75 Å². The number of halogens is 1. The third kappa shape index (κ3) is 3.15. The minimum atomic E-state index is 0.479. The van der Waals surface area contributed by atoms with E-state index in [-0.39, 0.29) is 0 Å². The highest BCUT2D eigenvalue weighted by molar-refractivity contribution is 6.17. The highest BCUT2D eigenvalue weighted by atomic mass is 35.5. The lowest BCUT2D eigenvalue weighted by Crippen LogP contribution is -2.09. The van der Waals surface area contributed by atoms with Crippen LogP contribution in [0.15, 0.2) is 18.2 Å². The summed E-state index contributed by atoms with van der Waals surface area (Å²) in [6.07, 6.45) is 0.999. The molecule has 90 valence electrons. The highest BCUT2D eigenvalue weighted by Crippen LogP contribution is 2.35. The number of hydrogen-bond acceptors (Lipinski definition) is 1. The Morgan fingerprint density at radius 2 is 2.00 bits per heavy atom. The van der Waals surface area contributed by atoms with Gasteiger partial charge in [-0.2, -0.15) is 0 Å². The van der Waals surface area contributed by atoms with E-state index in [9.17, 15) is 0 Å². The Hall–Kier alpha value is -0.690. The molecule has 0 aliphatic carbocycles. The molecule has 0 spiro atoms. The van der Waals surface area contributed by atoms with Crippen molar-refractivity contribution in [2.45, 2.75) is 33.1 Å². The molecule has 0 amide bonds. The van der Waals surface area contributed by atoms with Gasteiger partial charge in [0.2, 0.25) is 0 Å². The van der Waals surface area contributed by atoms with Gasteiger partial charge in [0.05, 0.1) is 7.11 Å². The predicted octanol–water partition coefficient (Wildman–Crippen LogP) is 4.37. The number of alkyl halides is 1. The van der Waals surface area contributed by atoms with Crippen molar-refractivity contribution < 1.29 is 4.74 Å². The highest BCUT2D eigenvalue weighted by Gasteiger charge is 2.19. The Labute approximate surface area is 104 Å². The summed E-state index contributed by atoms with van der Waals surface area (Å²) in [5, 5.41) is 0. The summed E-state index contributed by atoms with van der Waals surface area (Å²) in [5.41, 5.74) is 2.56. The molecule has 0 N–H and O–H groups in total. The average molecular weight is 241 g/mol. The molecule has 0 bridgehead atoms. The second-order valence-electron chi connectivity index (χ2n) is 4.57. The van der Waals surface area contributed by atoms with Crippen LogP contribution >= 0.6 is 11.6 Å². The summed E-state index contributed by atoms with van der Waals surface area (Å²) in [6, 6.07) is 6.35. The molecule has 0 fully saturated rings.